The lowest BCUT2D eigenvalue weighted by atomic mass is 10.1. The minimum Gasteiger partial charge on any atom is -0.330 e. The molecule has 2 nitrogen and oxygen atoms in total. The molecule has 1 unspecified atom stereocenters. The van der Waals surface area contributed by atoms with E-state index < -0.39 is 0 Å². The third-order valence-corrected chi connectivity index (χ3v) is 2.29. The van der Waals surface area contributed by atoms with E-state index in [1.807, 2.05) is 0 Å². The van der Waals surface area contributed by atoms with Crippen molar-refractivity contribution in [1.82, 2.24) is 4.90 Å². The molecule has 0 aromatic rings. The Balaban J connectivity index is 4.09. The Kier molecular flexibility index (Phi) is 5.51. The molecule has 0 fully saturated rings. The van der Waals surface area contributed by atoms with E-state index >= 15 is 0 Å². The Hall–Kier alpha value is -0.0800. The lowest BCUT2D eigenvalue weighted by Crippen LogP contribution is -2.44. The maximum absolute atomic E-state index is 5.54. The van der Waals surface area contributed by atoms with Crippen LogP contribution in [0.2, 0.25) is 0 Å². The molecule has 12 heavy (non-hydrogen) atoms. The standard InChI is InChI=1S/C10H24N2/c1-8(2)12(9(3)4)10(5)6-7-11/h8-10H,6-7,11H2,1-5H3. The highest BCUT2D eigenvalue weighted by molar-refractivity contribution is 4.74. The van der Waals surface area contributed by atoms with Crippen LogP contribution in [-0.4, -0.2) is 29.6 Å². The Morgan fingerprint density at radius 3 is 1.67 bits per heavy atom. The van der Waals surface area contributed by atoms with Crippen molar-refractivity contribution in [2.24, 2.45) is 5.73 Å². The summed E-state index contributed by atoms with van der Waals surface area (Å²) in [5.74, 6) is 0. The Labute approximate surface area is 77.1 Å². The zero-order valence-corrected chi connectivity index (χ0v) is 9.17. The minimum atomic E-state index is 0.606. The van der Waals surface area contributed by atoms with E-state index in [1.165, 1.54) is 0 Å². The summed E-state index contributed by atoms with van der Waals surface area (Å²) in [6.45, 7) is 12.0. The van der Waals surface area contributed by atoms with E-state index in [4.69, 9.17) is 5.73 Å². The molecule has 0 aliphatic heterocycles. The molecule has 0 heterocycles. The summed E-state index contributed by atoms with van der Waals surface area (Å²) in [6, 6.07) is 1.84. The van der Waals surface area contributed by atoms with Crippen LogP contribution in [0.1, 0.15) is 41.0 Å². The van der Waals surface area contributed by atoms with E-state index in [1.54, 1.807) is 0 Å². The summed E-state index contributed by atoms with van der Waals surface area (Å²) < 4.78 is 0. The molecule has 74 valence electrons. The van der Waals surface area contributed by atoms with Crippen LogP contribution in [-0.2, 0) is 0 Å². The van der Waals surface area contributed by atoms with Gasteiger partial charge in [-0.15, -0.1) is 0 Å². The molecule has 0 bridgehead atoms. The molecule has 2 N–H and O–H groups in total. The number of rotatable bonds is 5. The van der Waals surface area contributed by atoms with Gasteiger partial charge < -0.3 is 5.73 Å². The fourth-order valence-electron chi connectivity index (χ4n) is 2.00. The maximum Gasteiger partial charge on any atom is 0.00843 e. The minimum absolute atomic E-state index is 0.606. The molecule has 0 aliphatic rings. The van der Waals surface area contributed by atoms with Crippen molar-refractivity contribution in [2.75, 3.05) is 6.54 Å². The van der Waals surface area contributed by atoms with Crippen LogP contribution < -0.4 is 5.73 Å². The molecule has 0 aromatic carbocycles. The molecule has 0 saturated carbocycles. The van der Waals surface area contributed by atoms with Crippen molar-refractivity contribution < 1.29 is 0 Å². The second kappa shape index (κ2) is 5.55. The van der Waals surface area contributed by atoms with E-state index in [2.05, 4.69) is 39.5 Å². The highest BCUT2D eigenvalue weighted by Gasteiger charge is 2.18. The number of hydrogen-bond donors (Lipinski definition) is 1. The van der Waals surface area contributed by atoms with Crippen LogP contribution >= 0.6 is 0 Å². The van der Waals surface area contributed by atoms with Crippen molar-refractivity contribution in [3.05, 3.63) is 0 Å². The predicted molar refractivity (Wildman–Crippen MR) is 55.2 cm³/mol. The van der Waals surface area contributed by atoms with Gasteiger partial charge in [0.25, 0.3) is 0 Å². The highest BCUT2D eigenvalue weighted by atomic mass is 15.2. The van der Waals surface area contributed by atoms with Crippen LogP contribution in [0, 0.1) is 0 Å². The quantitative estimate of drug-likeness (QED) is 0.685. The molecule has 0 spiro atoms. The predicted octanol–water partition coefficient (Wildman–Crippen LogP) is 1.84. The Morgan fingerprint density at radius 2 is 1.42 bits per heavy atom. The van der Waals surface area contributed by atoms with Gasteiger partial charge in [-0.2, -0.15) is 0 Å². The first-order valence-electron chi connectivity index (χ1n) is 4.98. The van der Waals surface area contributed by atoms with Gasteiger partial charge in [0.05, 0.1) is 0 Å². The third kappa shape index (κ3) is 3.55. The molecule has 0 rings (SSSR count). The second-order valence-electron chi connectivity index (χ2n) is 4.06. The van der Waals surface area contributed by atoms with Crippen LogP contribution in [0.3, 0.4) is 0 Å². The zero-order valence-electron chi connectivity index (χ0n) is 9.17. The van der Waals surface area contributed by atoms with Gasteiger partial charge in [0, 0.05) is 18.1 Å². The molecule has 0 aliphatic carbocycles. The van der Waals surface area contributed by atoms with Crippen molar-refractivity contribution in [1.29, 1.82) is 0 Å². The smallest absolute Gasteiger partial charge is 0.00843 e. The summed E-state index contributed by atoms with van der Waals surface area (Å²) in [5, 5.41) is 0. The van der Waals surface area contributed by atoms with E-state index in [0.717, 1.165) is 13.0 Å². The Bertz CT molecular complexity index is 102. The van der Waals surface area contributed by atoms with Gasteiger partial charge in [0.15, 0.2) is 0 Å². The number of nitrogens with zero attached hydrogens (tertiary/aromatic N) is 1. The normalized spacial score (nSPS) is 14.8. The largest absolute Gasteiger partial charge is 0.330 e. The fourth-order valence-corrected chi connectivity index (χ4v) is 2.00. The van der Waals surface area contributed by atoms with Gasteiger partial charge >= 0.3 is 0 Å². The first kappa shape index (κ1) is 11.9. The monoisotopic (exact) mass is 172 g/mol. The second-order valence-corrected chi connectivity index (χ2v) is 4.06. The summed E-state index contributed by atoms with van der Waals surface area (Å²) in [4.78, 5) is 2.51. The molecule has 1 atom stereocenters. The maximum atomic E-state index is 5.54. The summed E-state index contributed by atoms with van der Waals surface area (Å²) in [6.07, 6.45) is 1.09. The first-order chi connectivity index (χ1) is 5.50. The van der Waals surface area contributed by atoms with Gasteiger partial charge in [-0.05, 0) is 47.6 Å². The van der Waals surface area contributed by atoms with Crippen molar-refractivity contribution >= 4 is 0 Å². The van der Waals surface area contributed by atoms with Crippen LogP contribution in [0.25, 0.3) is 0 Å². The van der Waals surface area contributed by atoms with Gasteiger partial charge in [0.2, 0.25) is 0 Å². The molecular weight excluding hydrogens is 148 g/mol. The van der Waals surface area contributed by atoms with Gasteiger partial charge in [-0.25, -0.2) is 0 Å². The third-order valence-electron chi connectivity index (χ3n) is 2.29. The Morgan fingerprint density at radius 1 is 1.00 bits per heavy atom. The topological polar surface area (TPSA) is 29.3 Å². The van der Waals surface area contributed by atoms with Crippen molar-refractivity contribution in [3.8, 4) is 0 Å². The summed E-state index contributed by atoms with van der Waals surface area (Å²) >= 11 is 0. The van der Waals surface area contributed by atoms with E-state index in [9.17, 15) is 0 Å². The average Bonchev–Trinajstić information content (AvgIpc) is 1.85. The van der Waals surface area contributed by atoms with Crippen molar-refractivity contribution in [3.63, 3.8) is 0 Å². The van der Waals surface area contributed by atoms with Crippen LogP contribution in [0.5, 0.6) is 0 Å². The molecule has 0 aromatic heterocycles. The van der Waals surface area contributed by atoms with Crippen LogP contribution in [0.4, 0.5) is 0 Å². The van der Waals surface area contributed by atoms with Gasteiger partial charge in [-0.3, -0.25) is 4.90 Å². The lowest BCUT2D eigenvalue weighted by molar-refractivity contribution is 0.118. The fraction of sp³-hybridized carbons (Fsp3) is 1.00. The lowest BCUT2D eigenvalue weighted by Gasteiger charge is -2.36. The first-order valence-corrected chi connectivity index (χ1v) is 4.98. The zero-order chi connectivity index (χ0) is 9.72. The van der Waals surface area contributed by atoms with Crippen molar-refractivity contribution in [2.45, 2.75) is 59.2 Å². The van der Waals surface area contributed by atoms with Crippen LogP contribution in [0.15, 0.2) is 0 Å². The SMILES string of the molecule is CC(C)N(C(C)C)C(C)CCN. The van der Waals surface area contributed by atoms with Gasteiger partial charge in [-0.1, -0.05) is 0 Å². The summed E-state index contributed by atoms with van der Waals surface area (Å²) in [5.41, 5.74) is 5.54. The molecule has 0 saturated heterocycles. The molecule has 0 radical (unpaired) electrons. The molecule has 0 amide bonds. The van der Waals surface area contributed by atoms with Gasteiger partial charge in [0.1, 0.15) is 0 Å². The number of hydrogen-bond acceptors (Lipinski definition) is 2. The molecular formula is C10H24N2. The van der Waals surface area contributed by atoms with E-state index in [-0.39, 0.29) is 0 Å². The molecule has 2 heteroatoms. The summed E-state index contributed by atoms with van der Waals surface area (Å²) in [7, 11) is 0. The average molecular weight is 172 g/mol. The number of nitrogens with two attached hydrogens (primary N) is 1. The highest BCUT2D eigenvalue weighted by Crippen LogP contribution is 2.12. The van der Waals surface area contributed by atoms with E-state index in [0.29, 0.717) is 18.1 Å².